The number of rotatable bonds is 14. The molecule has 0 saturated heterocycles. The molecule has 0 unspecified atom stereocenters. The van der Waals surface area contributed by atoms with Crippen LogP contribution in [0.1, 0.15) is 70.5 Å². The van der Waals surface area contributed by atoms with Gasteiger partial charge in [0.1, 0.15) is 5.78 Å². The minimum Gasteiger partial charge on any atom is -0.356 e. The van der Waals surface area contributed by atoms with Gasteiger partial charge in [0.25, 0.3) is 0 Å². The number of hydrogen-bond acceptors (Lipinski definition) is 4. The van der Waals surface area contributed by atoms with Gasteiger partial charge >= 0.3 is 0 Å². The molecule has 156 valence electrons. The predicted molar refractivity (Wildman–Crippen MR) is 108 cm³/mol. The molecule has 0 aromatic rings. The van der Waals surface area contributed by atoms with Gasteiger partial charge in [-0.1, -0.05) is 27.7 Å². The van der Waals surface area contributed by atoms with Crippen LogP contribution in [-0.4, -0.2) is 43.1 Å². The molecule has 3 amide bonds. The Morgan fingerprint density at radius 2 is 1.15 bits per heavy atom. The van der Waals surface area contributed by atoms with Crippen molar-refractivity contribution < 1.29 is 23.5 Å². The minimum atomic E-state index is -0.160. The lowest BCUT2D eigenvalue weighted by Crippen LogP contribution is -2.30. The fourth-order valence-corrected chi connectivity index (χ4v) is 2.06. The Bertz CT molecular complexity index is 476. The van der Waals surface area contributed by atoms with Crippen LogP contribution in [0.3, 0.4) is 0 Å². The molecule has 0 aromatic heterocycles. The summed E-state index contributed by atoms with van der Waals surface area (Å²) in [5.41, 5.74) is 0. The van der Waals surface area contributed by atoms with Gasteiger partial charge in [-0.15, -0.1) is 0 Å². The van der Waals surface area contributed by atoms with Gasteiger partial charge in [-0.2, -0.15) is 0 Å². The third-order valence-corrected chi connectivity index (χ3v) is 3.76. The van der Waals surface area contributed by atoms with Crippen molar-refractivity contribution in [2.24, 2.45) is 11.8 Å². The van der Waals surface area contributed by atoms with Crippen molar-refractivity contribution >= 4 is 23.5 Å². The topological polar surface area (TPSA) is 104 Å². The average Bonchev–Trinajstić information content (AvgIpc) is 2.58. The Hall–Kier alpha value is -1.92. The molecule has 0 aliphatic heterocycles. The molecule has 0 spiro atoms. The van der Waals surface area contributed by atoms with E-state index in [-0.39, 0.29) is 46.5 Å². The van der Waals surface area contributed by atoms with Crippen molar-refractivity contribution in [3.8, 4) is 0 Å². The largest absolute Gasteiger partial charge is 0.356 e. The molecule has 3 N–H and O–H groups in total. The third kappa shape index (κ3) is 14.4. The summed E-state index contributed by atoms with van der Waals surface area (Å²) in [4.78, 5) is 46.2. The van der Waals surface area contributed by atoms with E-state index in [1.165, 1.54) is 0 Å². The normalized spacial score (nSPS) is 10.7. The number of carbonyl (C=O) groups is 4. The van der Waals surface area contributed by atoms with E-state index in [9.17, 15) is 19.2 Å². The van der Waals surface area contributed by atoms with Gasteiger partial charge < -0.3 is 16.0 Å². The predicted octanol–water partition coefficient (Wildman–Crippen LogP) is 2.29. The van der Waals surface area contributed by atoms with Crippen LogP contribution in [-0.2, 0) is 19.2 Å². The highest BCUT2D eigenvalue weighted by molar-refractivity contribution is 5.86. The van der Waals surface area contributed by atoms with E-state index in [0.29, 0.717) is 51.2 Å². The zero-order valence-corrected chi connectivity index (χ0v) is 16.7. The molecule has 0 bridgehead atoms. The first-order valence-corrected chi connectivity index (χ1v) is 9.55. The van der Waals surface area contributed by atoms with E-state index >= 15 is 0 Å². The number of Topliss-reactive ketones (excluding diaryl/α,β-unsaturated/α-hetero) is 1. The number of nitrogens with one attached hydrogen (secondary N) is 3. The summed E-state index contributed by atoms with van der Waals surface area (Å²) in [6, 6.07) is 0. The van der Waals surface area contributed by atoms with Gasteiger partial charge in [0.2, 0.25) is 17.7 Å². The number of amides is 3. The van der Waals surface area contributed by atoms with Crippen molar-refractivity contribution in [3.63, 3.8) is 0 Å². The lowest BCUT2D eigenvalue weighted by atomic mass is 10.0. The van der Waals surface area contributed by atoms with Crippen molar-refractivity contribution in [2.75, 3.05) is 19.6 Å². The molecule has 0 saturated carbocycles. The second-order valence-corrected chi connectivity index (χ2v) is 7.23. The maximum absolute atomic E-state index is 11.7. The summed E-state index contributed by atoms with van der Waals surface area (Å²) >= 11 is 0. The molecular formula is C19H41N3O4. The number of hydrogen-bond donors (Lipinski definition) is 3. The summed E-state index contributed by atoms with van der Waals surface area (Å²) in [7, 11) is 0. The molecular weight excluding hydrogens is 334 g/mol. The lowest BCUT2D eigenvalue weighted by Gasteiger charge is -2.08. The van der Waals surface area contributed by atoms with Crippen molar-refractivity contribution in [1.29, 1.82) is 0 Å². The summed E-state index contributed by atoms with van der Waals surface area (Å²) in [6.07, 6.45) is 2.33. The Balaban J connectivity index is -0.00000104. The molecule has 7 heteroatoms. The molecule has 0 aromatic carbocycles. The molecule has 0 rings (SSSR count). The molecule has 0 fully saturated rings. The van der Waals surface area contributed by atoms with Gasteiger partial charge in [0.05, 0.1) is 0 Å². The van der Waals surface area contributed by atoms with E-state index in [1.807, 2.05) is 27.7 Å². The van der Waals surface area contributed by atoms with E-state index < -0.39 is 0 Å². The highest BCUT2D eigenvalue weighted by atomic mass is 16.2. The van der Waals surface area contributed by atoms with Gasteiger partial charge in [-0.3, -0.25) is 19.2 Å². The molecule has 0 heterocycles. The summed E-state index contributed by atoms with van der Waals surface area (Å²) in [5, 5.41) is 8.31. The van der Waals surface area contributed by atoms with Crippen LogP contribution in [0.15, 0.2) is 0 Å². The molecule has 7 nitrogen and oxygen atoms in total. The van der Waals surface area contributed by atoms with Crippen molar-refractivity contribution in [1.82, 2.24) is 16.0 Å². The number of carbonyl (C=O) groups excluding carboxylic acids is 4. The second kappa shape index (κ2) is 14.3. The molecule has 0 aliphatic carbocycles. The SMILES string of the molecule is CC(C)CNC(=O)CCCNC(=O)CCCNC(=O)CCC(=O)C(C)C.[HH].[HH].[HH]. The van der Waals surface area contributed by atoms with Crippen LogP contribution in [0, 0.1) is 11.8 Å². The number of ketones is 1. The van der Waals surface area contributed by atoms with Crippen LogP contribution in [0.25, 0.3) is 0 Å². The Labute approximate surface area is 161 Å². The lowest BCUT2D eigenvalue weighted by molar-refractivity contribution is -0.126. The highest BCUT2D eigenvalue weighted by Gasteiger charge is 2.10. The van der Waals surface area contributed by atoms with E-state index in [1.54, 1.807) is 0 Å². The minimum absolute atomic E-state index is 0. The fraction of sp³-hybridized carbons (Fsp3) is 0.789. The summed E-state index contributed by atoms with van der Waals surface area (Å²) < 4.78 is 0. The maximum Gasteiger partial charge on any atom is 0.220 e. The molecule has 0 aliphatic rings. The first-order chi connectivity index (χ1) is 12.2. The zero-order chi connectivity index (χ0) is 19.9. The van der Waals surface area contributed by atoms with Gasteiger partial charge in [-0.05, 0) is 18.8 Å². The Morgan fingerprint density at radius 1 is 0.692 bits per heavy atom. The first kappa shape index (κ1) is 24.1. The van der Waals surface area contributed by atoms with Gasteiger partial charge in [0, 0.05) is 55.5 Å². The second-order valence-electron chi connectivity index (χ2n) is 7.23. The maximum atomic E-state index is 11.7. The van der Waals surface area contributed by atoms with Crippen molar-refractivity contribution in [2.45, 2.75) is 66.2 Å². The third-order valence-electron chi connectivity index (χ3n) is 3.76. The summed E-state index contributed by atoms with van der Waals surface area (Å²) in [5.74, 6) is 0.218. The average molecular weight is 376 g/mol. The van der Waals surface area contributed by atoms with Crippen LogP contribution in [0.2, 0.25) is 0 Å². The van der Waals surface area contributed by atoms with E-state index in [2.05, 4.69) is 16.0 Å². The molecule has 0 atom stereocenters. The van der Waals surface area contributed by atoms with Crippen LogP contribution in [0.5, 0.6) is 0 Å². The summed E-state index contributed by atoms with van der Waals surface area (Å²) in [6.45, 7) is 9.26. The Morgan fingerprint density at radius 3 is 1.62 bits per heavy atom. The highest BCUT2D eigenvalue weighted by Crippen LogP contribution is 2.01. The van der Waals surface area contributed by atoms with Gasteiger partial charge in [-0.25, -0.2) is 0 Å². The monoisotopic (exact) mass is 375 g/mol. The first-order valence-electron chi connectivity index (χ1n) is 9.55. The van der Waals surface area contributed by atoms with Crippen LogP contribution >= 0.6 is 0 Å². The van der Waals surface area contributed by atoms with E-state index in [0.717, 1.165) is 0 Å². The fourth-order valence-electron chi connectivity index (χ4n) is 2.06. The zero-order valence-electron chi connectivity index (χ0n) is 16.7. The molecule has 26 heavy (non-hydrogen) atoms. The standard InChI is InChI=1S/C19H35N3O4.3H2/c1-14(2)13-22-18(25)8-6-11-20-17(24)7-5-12-21-19(26)10-9-16(23)15(3)4;;;/h14-15H,5-13H2,1-4H3,(H,20,24)(H,21,26)(H,22,25);3*1H. The molecule has 0 radical (unpaired) electrons. The van der Waals surface area contributed by atoms with E-state index in [4.69, 9.17) is 0 Å². The quantitative estimate of drug-likeness (QED) is 0.405. The Kier molecular flexibility index (Phi) is 13.2. The van der Waals surface area contributed by atoms with Crippen LogP contribution < -0.4 is 16.0 Å². The smallest absolute Gasteiger partial charge is 0.220 e. The van der Waals surface area contributed by atoms with Crippen molar-refractivity contribution in [3.05, 3.63) is 0 Å². The van der Waals surface area contributed by atoms with Crippen LogP contribution in [0.4, 0.5) is 0 Å². The van der Waals surface area contributed by atoms with Gasteiger partial charge in [0.15, 0.2) is 0 Å².